The number of benzene rings is 3. The SMILES string of the molecule is COC(=O)c1ccc(Nc2nc(-c3cccc(N(CC(C)C)C(=O)c4ccccc4)c3C)cn(C)c2=O)cc1C. The molecule has 8 nitrogen and oxygen atoms in total. The molecule has 8 heteroatoms. The number of nitrogens with zero attached hydrogens (tertiary/aromatic N) is 3. The van der Waals surface area contributed by atoms with Gasteiger partial charge < -0.3 is 19.5 Å². The van der Waals surface area contributed by atoms with Crippen molar-refractivity contribution in [2.45, 2.75) is 27.7 Å². The molecule has 0 fully saturated rings. The number of anilines is 3. The highest BCUT2D eigenvalue weighted by Gasteiger charge is 2.22. The molecule has 0 aliphatic heterocycles. The van der Waals surface area contributed by atoms with Crippen molar-refractivity contribution in [3.63, 3.8) is 0 Å². The Kier molecular flexibility index (Phi) is 8.48. The van der Waals surface area contributed by atoms with Crippen LogP contribution in [0, 0.1) is 19.8 Å². The molecular weight excluding hydrogens is 504 g/mol. The molecule has 0 unspecified atom stereocenters. The molecule has 0 aliphatic rings. The van der Waals surface area contributed by atoms with Crippen molar-refractivity contribution in [2.24, 2.45) is 13.0 Å². The lowest BCUT2D eigenvalue weighted by atomic mass is 10.0. The number of ether oxygens (including phenoxy) is 1. The summed E-state index contributed by atoms with van der Waals surface area (Å²) in [7, 11) is 3.01. The number of amides is 1. The normalized spacial score (nSPS) is 10.9. The van der Waals surface area contributed by atoms with Crippen molar-refractivity contribution in [3.8, 4) is 11.3 Å². The molecule has 1 heterocycles. The van der Waals surface area contributed by atoms with Crippen LogP contribution in [0.1, 0.15) is 45.7 Å². The van der Waals surface area contributed by atoms with E-state index < -0.39 is 5.97 Å². The van der Waals surface area contributed by atoms with Gasteiger partial charge in [0, 0.05) is 42.3 Å². The van der Waals surface area contributed by atoms with Gasteiger partial charge >= 0.3 is 5.97 Å². The summed E-state index contributed by atoms with van der Waals surface area (Å²) < 4.78 is 6.30. The van der Waals surface area contributed by atoms with E-state index in [2.05, 4.69) is 24.1 Å². The van der Waals surface area contributed by atoms with E-state index in [9.17, 15) is 14.4 Å². The average molecular weight is 539 g/mol. The van der Waals surface area contributed by atoms with Crippen LogP contribution in [-0.2, 0) is 11.8 Å². The summed E-state index contributed by atoms with van der Waals surface area (Å²) in [4.78, 5) is 45.0. The molecule has 0 saturated heterocycles. The standard InChI is InChI=1S/C32H34N4O4/c1-20(2)18-36(30(37)23-11-8-7-9-12-23)28-14-10-13-26(22(28)4)27-19-35(5)31(38)29(34-27)33-24-15-16-25(21(3)17-24)32(39)40-6/h7-17,19-20H,18H2,1-6H3,(H,33,34). The quantitative estimate of drug-likeness (QED) is 0.281. The Morgan fingerprint density at radius 1 is 1.02 bits per heavy atom. The topological polar surface area (TPSA) is 93.5 Å². The molecule has 4 rings (SSSR count). The lowest BCUT2D eigenvalue weighted by molar-refractivity contribution is 0.0600. The molecule has 0 aliphatic carbocycles. The zero-order valence-corrected chi connectivity index (χ0v) is 23.7. The summed E-state index contributed by atoms with van der Waals surface area (Å²) in [5.41, 5.74) is 5.16. The number of hydrogen-bond acceptors (Lipinski definition) is 6. The van der Waals surface area contributed by atoms with Gasteiger partial charge in [-0.25, -0.2) is 9.78 Å². The third kappa shape index (κ3) is 5.96. The second-order valence-electron chi connectivity index (χ2n) is 10.2. The Morgan fingerprint density at radius 3 is 2.40 bits per heavy atom. The van der Waals surface area contributed by atoms with Gasteiger partial charge in [0.25, 0.3) is 11.5 Å². The monoisotopic (exact) mass is 538 g/mol. The molecule has 1 aromatic heterocycles. The molecule has 40 heavy (non-hydrogen) atoms. The smallest absolute Gasteiger partial charge is 0.338 e. The minimum absolute atomic E-state index is 0.0731. The largest absolute Gasteiger partial charge is 0.465 e. The maximum Gasteiger partial charge on any atom is 0.338 e. The lowest BCUT2D eigenvalue weighted by Gasteiger charge is -2.27. The number of carbonyl (C=O) groups excluding carboxylic acids is 2. The lowest BCUT2D eigenvalue weighted by Crippen LogP contribution is -2.34. The molecule has 0 atom stereocenters. The van der Waals surface area contributed by atoms with Crippen LogP contribution in [0.15, 0.2) is 77.7 Å². The van der Waals surface area contributed by atoms with Crippen molar-refractivity contribution in [3.05, 3.63) is 106 Å². The zero-order valence-electron chi connectivity index (χ0n) is 23.7. The number of hydrogen-bond donors (Lipinski definition) is 1. The highest BCUT2D eigenvalue weighted by molar-refractivity contribution is 6.07. The van der Waals surface area contributed by atoms with Gasteiger partial charge in [0.1, 0.15) is 0 Å². The molecule has 0 spiro atoms. The van der Waals surface area contributed by atoms with Gasteiger partial charge in [-0.2, -0.15) is 0 Å². The number of rotatable bonds is 8. The summed E-state index contributed by atoms with van der Waals surface area (Å²) >= 11 is 0. The first-order valence-corrected chi connectivity index (χ1v) is 13.1. The number of aryl methyl sites for hydroxylation is 2. The Bertz CT molecular complexity index is 1610. The van der Waals surface area contributed by atoms with Crippen LogP contribution >= 0.6 is 0 Å². The average Bonchev–Trinajstić information content (AvgIpc) is 2.94. The minimum Gasteiger partial charge on any atom is -0.465 e. The van der Waals surface area contributed by atoms with Gasteiger partial charge in [0.15, 0.2) is 5.82 Å². The van der Waals surface area contributed by atoms with Gasteiger partial charge in [-0.15, -0.1) is 0 Å². The van der Waals surface area contributed by atoms with E-state index in [1.807, 2.05) is 60.4 Å². The Morgan fingerprint density at radius 2 is 1.75 bits per heavy atom. The molecule has 206 valence electrons. The third-order valence-electron chi connectivity index (χ3n) is 6.65. The summed E-state index contributed by atoms with van der Waals surface area (Å²) in [5, 5.41) is 3.11. The van der Waals surface area contributed by atoms with Crippen LogP contribution in [0.3, 0.4) is 0 Å². The van der Waals surface area contributed by atoms with E-state index in [-0.39, 0.29) is 23.2 Å². The van der Waals surface area contributed by atoms with E-state index in [0.717, 1.165) is 16.8 Å². The number of carbonyl (C=O) groups is 2. The van der Waals surface area contributed by atoms with E-state index in [1.54, 1.807) is 38.4 Å². The van der Waals surface area contributed by atoms with E-state index in [1.165, 1.54) is 11.7 Å². The van der Waals surface area contributed by atoms with Crippen LogP contribution in [0.4, 0.5) is 17.2 Å². The number of nitrogens with one attached hydrogen (secondary N) is 1. The highest BCUT2D eigenvalue weighted by Crippen LogP contribution is 2.31. The molecule has 1 amide bonds. The molecule has 0 bridgehead atoms. The second-order valence-corrected chi connectivity index (χ2v) is 10.2. The fourth-order valence-corrected chi connectivity index (χ4v) is 4.62. The second kappa shape index (κ2) is 12.0. The van der Waals surface area contributed by atoms with E-state index in [4.69, 9.17) is 4.74 Å². The molecule has 3 aromatic carbocycles. The van der Waals surface area contributed by atoms with Crippen molar-refractivity contribution < 1.29 is 14.3 Å². The summed E-state index contributed by atoms with van der Waals surface area (Å²) in [5.74, 6) is -0.102. The number of esters is 1. The maximum absolute atomic E-state index is 13.6. The zero-order chi connectivity index (χ0) is 29.0. The predicted molar refractivity (Wildman–Crippen MR) is 158 cm³/mol. The van der Waals surface area contributed by atoms with Crippen molar-refractivity contribution in [1.82, 2.24) is 9.55 Å². The third-order valence-corrected chi connectivity index (χ3v) is 6.65. The Hall–Kier alpha value is -4.72. The van der Waals surface area contributed by atoms with Crippen LogP contribution in [0.5, 0.6) is 0 Å². The summed E-state index contributed by atoms with van der Waals surface area (Å²) in [6.45, 7) is 8.47. The Labute approximate surface area is 234 Å². The first-order chi connectivity index (χ1) is 19.1. The summed E-state index contributed by atoms with van der Waals surface area (Å²) in [6, 6.07) is 20.1. The van der Waals surface area contributed by atoms with Gasteiger partial charge in [-0.3, -0.25) is 9.59 Å². The van der Waals surface area contributed by atoms with Crippen molar-refractivity contribution in [2.75, 3.05) is 23.9 Å². The van der Waals surface area contributed by atoms with Gasteiger partial charge in [-0.1, -0.05) is 44.2 Å². The molecule has 1 N–H and O–H groups in total. The van der Waals surface area contributed by atoms with Crippen LogP contribution in [0.2, 0.25) is 0 Å². The number of aromatic nitrogens is 2. The molecule has 0 radical (unpaired) electrons. The van der Waals surface area contributed by atoms with Gasteiger partial charge in [0.2, 0.25) is 0 Å². The van der Waals surface area contributed by atoms with Crippen molar-refractivity contribution in [1.29, 1.82) is 0 Å². The van der Waals surface area contributed by atoms with Crippen LogP contribution in [0.25, 0.3) is 11.3 Å². The first-order valence-electron chi connectivity index (χ1n) is 13.1. The summed E-state index contributed by atoms with van der Waals surface area (Å²) in [6.07, 6.45) is 1.69. The van der Waals surface area contributed by atoms with Crippen LogP contribution < -0.4 is 15.8 Å². The minimum atomic E-state index is -0.423. The van der Waals surface area contributed by atoms with Gasteiger partial charge in [0.05, 0.1) is 18.4 Å². The fourth-order valence-electron chi connectivity index (χ4n) is 4.62. The predicted octanol–water partition coefficient (Wildman–Crippen LogP) is 5.90. The van der Waals surface area contributed by atoms with E-state index >= 15 is 0 Å². The van der Waals surface area contributed by atoms with Crippen LogP contribution in [-0.4, -0.2) is 35.1 Å². The molecular formula is C32H34N4O4. The highest BCUT2D eigenvalue weighted by atomic mass is 16.5. The Balaban J connectivity index is 1.75. The fraction of sp³-hybridized carbons (Fsp3) is 0.250. The maximum atomic E-state index is 13.6. The van der Waals surface area contributed by atoms with Crippen molar-refractivity contribution >= 4 is 29.1 Å². The molecule has 4 aromatic rings. The molecule has 0 saturated carbocycles. The number of methoxy groups -OCH3 is 1. The van der Waals surface area contributed by atoms with E-state index in [0.29, 0.717) is 34.6 Å². The first kappa shape index (κ1) is 28.3. The van der Waals surface area contributed by atoms with Gasteiger partial charge in [-0.05, 0) is 67.3 Å².